The maximum Gasteiger partial charge on any atom is 0.00673 e. The first kappa shape index (κ1) is 12.4. The Hall–Kier alpha value is 0.310. The minimum Gasteiger partial charge on any atom is -0.313 e. The van der Waals surface area contributed by atoms with E-state index in [0.29, 0.717) is 0 Å². The van der Waals surface area contributed by atoms with Crippen LogP contribution in [0.4, 0.5) is 0 Å². The SMILES string of the molecule is CCCCCSCCNC(C)C1CC1. The normalized spacial score (nSPS) is 18.4. The monoisotopic (exact) mass is 215 g/mol. The van der Waals surface area contributed by atoms with Crippen LogP contribution >= 0.6 is 11.8 Å². The lowest BCUT2D eigenvalue weighted by atomic mass is 10.2. The Balaban J connectivity index is 1.75. The van der Waals surface area contributed by atoms with Gasteiger partial charge in [0.25, 0.3) is 0 Å². The lowest BCUT2D eigenvalue weighted by molar-refractivity contribution is 0.514. The van der Waals surface area contributed by atoms with E-state index < -0.39 is 0 Å². The minimum absolute atomic E-state index is 0.770. The van der Waals surface area contributed by atoms with E-state index in [1.165, 1.54) is 50.2 Å². The summed E-state index contributed by atoms with van der Waals surface area (Å²) in [7, 11) is 0. The zero-order valence-electron chi connectivity index (χ0n) is 9.72. The smallest absolute Gasteiger partial charge is 0.00673 e. The highest BCUT2D eigenvalue weighted by Crippen LogP contribution is 2.32. The molecule has 0 saturated heterocycles. The highest BCUT2D eigenvalue weighted by Gasteiger charge is 2.26. The van der Waals surface area contributed by atoms with Gasteiger partial charge in [-0.25, -0.2) is 0 Å². The topological polar surface area (TPSA) is 12.0 Å². The number of hydrogen-bond donors (Lipinski definition) is 1. The summed E-state index contributed by atoms with van der Waals surface area (Å²) in [6, 6.07) is 0.770. The standard InChI is InChI=1S/C12H25NS/c1-3-4-5-9-14-10-8-13-11(2)12-6-7-12/h11-13H,3-10H2,1-2H3. The molecule has 1 rings (SSSR count). The maximum atomic E-state index is 3.61. The molecule has 2 heteroatoms. The van der Waals surface area contributed by atoms with Crippen LogP contribution in [-0.2, 0) is 0 Å². The second-order valence-corrected chi connectivity index (χ2v) is 5.62. The number of nitrogens with one attached hydrogen (secondary N) is 1. The summed E-state index contributed by atoms with van der Waals surface area (Å²) >= 11 is 2.10. The molecule has 0 aliphatic heterocycles. The second kappa shape index (κ2) is 7.58. The average Bonchev–Trinajstić information content (AvgIpc) is 2.99. The summed E-state index contributed by atoms with van der Waals surface area (Å²) in [5.74, 6) is 3.65. The first-order valence-corrected chi connectivity index (χ1v) is 7.31. The molecule has 0 aromatic rings. The molecule has 1 saturated carbocycles. The van der Waals surface area contributed by atoms with Crippen LogP contribution in [0.2, 0.25) is 0 Å². The first-order chi connectivity index (χ1) is 6.84. The predicted molar refractivity (Wildman–Crippen MR) is 67.0 cm³/mol. The maximum absolute atomic E-state index is 3.61. The number of thioether (sulfide) groups is 1. The van der Waals surface area contributed by atoms with Gasteiger partial charge in [0.05, 0.1) is 0 Å². The molecule has 1 aliphatic carbocycles. The first-order valence-electron chi connectivity index (χ1n) is 6.15. The highest BCUT2D eigenvalue weighted by molar-refractivity contribution is 7.99. The van der Waals surface area contributed by atoms with Crippen LogP contribution in [0.1, 0.15) is 46.0 Å². The van der Waals surface area contributed by atoms with Crippen LogP contribution in [0.5, 0.6) is 0 Å². The second-order valence-electron chi connectivity index (χ2n) is 4.40. The molecule has 1 fully saturated rings. The molecule has 0 bridgehead atoms. The van der Waals surface area contributed by atoms with E-state index in [4.69, 9.17) is 0 Å². The third-order valence-corrected chi connectivity index (χ3v) is 4.00. The summed E-state index contributed by atoms with van der Waals surface area (Å²) in [5.41, 5.74) is 0. The third-order valence-electron chi connectivity index (χ3n) is 2.93. The Morgan fingerprint density at radius 2 is 2.07 bits per heavy atom. The fraction of sp³-hybridized carbons (Fsp3) is 1.00. The van der Waals surface area contributed by atoms with Crippen molar-refractivity contribution in [2.24, 2.45) is 5.92 Å². The van der Waals surface area contributed by atoms with Gasteiger partial charge in [-0.05, 0) is 37.9 Å². The molecule has 0 spiro atoms. The zero-order chi connectivity index (χ0) is 10.2. The van der Waals surface area contributed by atoms with E-state index >= 15 is 0 Å². The minimum atomic E-state index is 0.770. The molecule has 0 amide bonds. The fourth-order valence-corrected chi connectivity index (χ4v) is 2.55. The van der Waals surface area contributed by atoms with Crippen molar-refractivity contribution >= 4 is 11.8 Å². The predicted octanol–water partition coefficient (Wildman–Crippen LogP) is 3.30. The number of unbranched alkanes of at least 4 members (excludes halogenated alkanes) is 2. The van der Waals surface area contributed by atoms with Crippen molar-refractivity contribution in [3.8, 4) is 0 Å². The van der Waals surface area contributed by atoms with E-state index in [0.717, 1.165) is 12.0 Å². The Kier molecular flexibility index (Phi) is 6.70. The molecular formula is C12H25NS. The molecule has 84 valence electrons. The molecule has 0 aromatic carbocycles. The van der Waals surface area contributed by atoms with E-state index in [1.807, 2.05) is 0 Å². The van der Waals surface area contributed by atoms with Crippen LogP contribution in [0.3, 0.4) is 0 Å². The Morgan fingerprint density at radius 3 is 2.71 bits per heavy atom. The lowest BCUT2D eigenvalue weighted by Gasteiger charge is -2.11. The molecular weight excluding hydrogens is 190 g/mol. The average molecular weight is 215 g/mol. The largest absolute Gasteiger partial charge is 0.313 e. The van der Waals surface area contributed by atoms with Gasteiger partial charge in [0.1, 0.15) is 0 Å². The highest BCUT2D eigenvalue weighted by atomic mass is 32.2. The van der Waals surface area contributed by atoms with Crippen LogP contribution in [0.15, 0.2) is 0 Å². The Labute approximate surface area is 93.4 Å². The van der Waals surface area contributed by atoms with Crippen LogP contribution in [0, 0.1) is 5.92 Å². The van der Waals surface area contributed by atoms with E-state index in [9.17, 15) is 0 Å². The van der Waals surface area contributed by atoms with Gasteiger partial charge < -0.3 is 5.32 Å². The van der Waals surface area contributed by atoms with Gasteiger partial charge in [-0.15, -0.1) is 0 Å². The lowest BCUT2D eigenvalue weighted by Crippen LogP contribution is -2.29. The Morgan fingerprint density at radius 1 is 1.29 bits per heavy atom. The molecule has 0 radical (unpaired) electrons. The van der Waals surface area contributed by atoms with Crippen molar-refractivity contribution in [3.63, 3.8) is 0 Å². The summed E-state index contributed by atoms with van der Waals surface area (Å²) in [6.45, 7) is 5.80. The zero-order valence-corrected chi connectivity index (χ0v) is 10.5. The number of hydrogen-bond acceptors (Lipinski definition) is 2. The van der Waals surface area contributed by atoms with E-state index in [-0.39, 0.29) is 0 Å². The van der Waals surface area contributed by atoms with E-state index in [1.54, 1.807) is 0 Å². The summed E-state index contributed by atoms with van der Waals surface area (Å²) < 4.78 is 0. The summed E-state index contributed by atoms with van der Waals surface area (Å²) in [6.07, 6.45) is 7.06. The Bertz CT molecular complexity index is 134. The molecule has 1 N–H and O–H groups in total. The molecule has 1 nitrogen and oxygen atoms in total. The van der Waals surface area contributed by atoms with Gasteiger partial charge in [0.2, 0.25) is 0 Å². The molecule has 0 heterocycles. The van der Waals surface area contributed by atoms with Crippen LogP contribution in [0.25, 0.3) is 0 Å². The molecule has 1 aliphatic rings. The molecule has 0 aromatic heterocycles. The number of rotatable bonds is 9. The van der Waals surface area contributed by atoms with Crippen molar-refractivity contribution in [2.45, 2.75) is 52.0 Å². The summed E-state index contributed by atoms with van der Waals surface area (Å²) in [4.78, 5) is 0. The quantitative estimate of drug-likeness (QED) is 0.592. The fourth-order valence-electron chi connectivity index (χ4n) is 1.68. The van der Waals surface area contributed by atoms with Gasteiger partial charge in [-0.2, -0.15) is 11.8 Å². The van der Waals surface area contributed by atoms with Gasteiger partial charge >= 0.3 is 0 Å². The third kappa shape index (κ3) is 5.92. The molecule has 1 unspecified atom stereocenters. The van der Waals surface area contributed by atoms with Gasteiger partial charge in [-0.1, -0.05) is 19.8 Å². The van der Waals surface area contributed by atoms with Crippen LogP contribution < -0.4 is 5.32 Å². The van der Waals surface area contributed by atoms with Gasteiger partial charge in [0, 0.05) is 18.3 Å². The van der Waals surface area contributed by atoms with Crippen molar-refractivity contribution in [1.82, 2.24) is 5.32 Å². The van der Waals surface area contributed by atoms with E-state index in [2.05, 4.69) is 30.9 Å². The van der Waals surface area contributed by atoms with Crippen molar-refractivity contribution in [2.75, 3.05) is 18.1 Å². The summed E-state index contributed by atoms with van der Waals surface area (Å²) in [5, 5.41) is 3.61. The van der Waals surface area contributed by atoms with Crippen LogP contribution in [-0.4, -0.2) is 24.1 Å². The van der Waals surface area contributed by atoms with Crippen molar-refractivity contribution in [1.29, 1.82) is 0 Å². The van der Waals surface area contributed by atoms with Gasteiger partial charge in [-0.3, -0.25) is 0 Å². The van der Waals surface area contributed by atoms with Gasteiger partial charge in [0.15, 0.2) is 0 Å². The van der Waals surface area contributed by atoms with Crippen molar-refractivity contribution < 1.29 is 0 Å². The van der Waals surface area contributed by atoms with Crippen molar-refractivity contribution in [3.05, 3.63) is 0 Å². The molecule has 1 atom stereocenters. The molecule has 14 heavy (non-hydrogen) atoms.